The van der Waals surface area contributed by atoms with Crippen LogP contribution in [0.4, 0.5) is 5.69 Å². The Balaban J connectivity index is 1.93. The fourth-order valence-corrected chi connectivity index (χ4v) is 2.22. The quantitative estimate of drug-likeness (QED) is 0.771. The molecule has 0 atom stereocenters. The smallest absolute Gasteiger partial charge is 0.259 e. The number of hydrogen-bond acceptors (Lipinski definition) is 3. The second-order valence-corrected chi connectivity index (χ2v) is 4.87. The fourth-order valence-electron chi connectivity index (χ4n) is 2.22. The Kier molecular flexibility index (Phi) is 3.31. The van der Waals surface area contributed by atoms with Crippen LogP contribution in [0.5, 0.6) is 0 Å². The van der Waals surface area contributed by atoms with E-state index >= 15 is 0 Å². The Bertz CT molecular complexity index is 773. The Labute approximate surface area is 122 Å². The van der Waals surface area contributed by atoms with E-state index in [-0.39, 0.29) is 5.91 Å². The van der Waals surface area contributed by atoms with Gasteiger partial charge in [0.2, 0.25) is 0 Å². The molecule has 5 heteroatoms. The van der Waals surface area contributed by atoms with Crippen molar-refractivity contribution >= 4 is 11.6 Å². The van der Waals surface area contributed by atoms with Crippen LogP contribution in [-0.2, 0) is 0 Å². The van der Waals surface area contributed by atoms with Gasteiger partial charge in [-0.1, -0.05) is 12.1 Å². The summed E-state index contributed by atoms with van der Waals surface area (Å²) >= 11 is 0. The summed E-state index contributed by atoms with van der Waals surface area (Å²) < 4.78 is 5.33. The van der Waals surface area contributed by atoms with Crippen molar-refractivity contribution < 1.29 is 9.21 Å². The zero-order valence-corrected chi connectivity index (χ0v) is 11.8. The highest BCUT2D eigenvalue weighted by atomic mass is 16.3. The first-order chi connectivity index (χ1) is 10.1. The summed E-state index contributed by atoms with van der Waals surface area (Å²) in [5.74, 6) is 0.354. The third kappa shape index (κ3) is 2.58. The molecule has 2 heterocycles. The lowest BCUT2D eigenvalue weighted by Gasteiger charge is -2.06. The van der Waals surface area contributed by atoms with Crippen molar-refractivity contribution in [3.63, 3.8) is 0 Å². The maximum absolute atomic E-state index is 12.5. The summed E-state index contributed by atoms with van der Waals surface area (Å²) in [5.41, 5.74) is 3.55. The van der Waals surface area contributed by atoms with Gasteiger partial charge in [-0.15, -0.1) is 0 Å². The van der Waals surface area contributed by atoms with Crippen LogP contribution in [0.2, 0.25) is 0 Å². The highest BCUT2D eigenvalue weighted by Gasteiger charge is 2.21. The Morgan fingerprint density at radius 3 is 2.81 bits per heavy atom. The van der Waals surface area contributed by atoms with Crippen molar-refractivity contribution in [3.8, 4) is 11.5 Å². The molecule has 2 aromatic heterocycles. The van der Waals surface area contributed by atoms with Gasteiger partial charge in [0.05, 0.1) is 11.8 Å². The molecule has 0 saturated carbocycles. The second-order valence-electron chi connectivity index (χ2n) is 4.87. The molecule has 0 aliphatic rings. The van der Waals surface area contributed by atoms with E-state index in [9.17, 15) is 4.79 Å². The average Bonchev–Trinajstić information content (AvgIpc) is 3.07. The monoisotopic (exact) mass is 281 g/mol. The number of aromatic nitrogens is 2. The van der Waals surface area contributed by atoms with E-state index in [0.717, 1.165) is 11.3 Å². The van der Waals surface area contributed by atoms with Gasteiger partial charge < -0.3 is 9.73 Å². The number of benzene rings is 1. The normalized spacial score (nSPS) is 10.6. The number of anilines is 1. The number of furan rings is 1. The molecule has 5 nitrogen and oxygen atoms in total. The predicted octanol–water partition coefficient (Wildman–Crippen LogP) is 3.54. The van der Waals surface area contributed by atoms with E-state index in [2.05, 4.69) is 15.5 Å². The molecule has 0 aliphatic carbocycles. The standard InChI is InChI=1S/C16H15N3O2/c1-10-5-3-6-12(9-10)17-16(20)14-11(2)18-19-15(14)13-7-4-8-21-13/h3-9H,1-2H3,(H,17,20)(H,18,19). The molecule has 1 amide bonds. The lowest BCUT2D eigenvalue weighted by atomic mass is 10.1. The summed E-state index contributed by atoms with van der Waals surface area (Å²) in [6, 6.07) is 11.2. The molecule has 0 radical (unpaired) electrons. The van der Waals surface area contributed by atoms with Crippen LogP contribution in [0, 0.1) is 13.8 Å². The van der Waals surface area contributed by atoms with Gasteiger partial charge in [0.25, 0.3) is 5.91 Å². The second kappa shape index (κ2) is 5.28. The summed E-state index contributed by atoms with van der Waals surface area (Å²) in [6.45, 7) is 3.79. The number of aryl methyl sites for hydroxylation is 2. The minimum absolute atomic E-state index is 0.210. The molecular weight excluding hydrogens is 266 g/mol. The molecule has 106 valence electrons. The van der Waals surface area contributed by atoms with E-state index in [1.165, 1.54) is 0 Å². The minimum atomic E-state index is -0.210. The van der Waals surface area contributed by atoms with Gasteiger partial charge in [-0.25, -0.2) is 0 Å². The lowest BCUT2D eigenvalue weighted by molar-refractivity contribution is 0.102. The molecule has 1 aromatic carbocycles. The van der Waals surface area contributed by atoms with Crippen molar-refractivity contribution in [3.05, 3.63) is 59.5 Å². The molecule has 0 fully saturated rings. The zero-order chi connectivity index (χ0) is 14.8. The minimum Gasteiger partial charge on any atom is -0.463 e. The van der Waals surface area contributed by atoms with Crippen molar-refractivity contribution in [2.45, 2.75) is 13.8 Å². The van der Waals surface area contributed by atoms with Crippen LogP contribution in [0.1, 0.15) is 21.6 Å². The maximum Gasteiger partial charge on any atom is 0.259 e. The molecule has 3 aromatic rings. The number of amides is 1. The largest absolute Gasteiger partial charge is 0.463 e. The summed E-state index contributed by atoms with van der Waals surface area (Å²) in [5, 5.41) is 9.88. The summed E-state index contributed by atoms with van der Waals surface area (Å²) in [7, 11) is 0. The molecular formula is C16H15N3O2. The third-order valence-corrected chi connectivity index (χ3v) is 3.20. The number of carbonyl (C=O) groups excluding carboxylic acids is 1. The van der Waals surface area contributed by atoms with Crippen LogP contribution in [0.3, 0.4) is 0 Å². The van der Waals surface area contributed by atoms with Crippen LogP contribution in [0.15, 0.2) is 47.1 Å². The Hall–Kier alpha value is -2.82. The summed E-state index contributed by atoms with van der Waals surface area (Å²) in [6.07, 6.45) is 1.56. The zero-order valence-electron chi connectivity index (χ0n) is 11.8. The number of rotatable bonds is 3. The number of H-pyrrole nitrogens is 1. The van der Waals surface area contributed by atoms with Crippen molar-refractivity contribution in [1.29, 1.82) is 0 Å². The molecule has 2 N–H and O–H groups in total. The van der Waals surface area contributed by atoms with Crippen molar-refractivity contribution in [1.82, 2.24) is 10.2 Å². The SMILES string of the molecule is Cc1cccc(NC(=O)c2c(-c3ccco3)n[nH]c2C)c1. The molecule has 0 aliphatic heterocycles. The molecule has 21 heavy (non-hydrogen) atoms. The lowest BCUT2D eigenvalue weighted by Crippen LogP contribution is -2.13. The van der Waals surface area contributed by atoms with Gasteiger partial charge in [-0.3, -0.25) is 9.89 Å². The van der Waals surface area contributed by atoms with Gasteiger partial charge >= 0.3 is 0 Å². The van der Waals surface area contributed by atoms with E-state index < -0.39 is 0 Å². The van der Waals surface area contributed by atoms with E-state index in [1.54, 1.807) is 18.4 Å². The van der Waals surface area contributed by atoms with Crippen LogP contribution < -0.4 is 5.32 Å². The molecule has 0 spiro atoms. The Morgan fingerprint density at radius 2 is 2.10 bits per heavy atom. The fraction of sp³-hybridized carbons (Fsp3) is 0.125. The van der Waals surface area contributed by atoms with Crippen LogP contribution in [-0.4, -0.2) is 16.1 Å². The number of carbonyl (C=O) groups is 1. The van der Waals surface area contributed by atoms with E-state index in [1.807, 2.05) is 38.1 Å². The van der Waals surface area contributed by atoms with Crippen molar-refractivity contribution in [2.24, 2.45) is 0 Å². The molecule has 0 unspecified atom stereocenters. The number of hydrogen-bond donors (Lipinski definition) is 2. The molecule has 0 bridgehead atoms. The van der Waals surface area contributed by atoms with Gasteiger partial charge in [-0.05, 0) is 43.7 Å². The first-order valence-corrected chi connectivity index (χ1v) is 6.62. The van der Waals surface area contributed by atoms with E-state index in [4.69, 9.17) is 4.42 Å². The maximum atomic E-state index is 12.5. The summed E-state index contributed by atoms with van der Waals surface area (Å²) in [4.78, 5) is 12.5. The predicted molar refractivity (Wildman–Crippen MR) is 80.2 cm³/mol. The molecule has 0 saturated heterocycles. The average molecular weight is 281 g/mol. The van der Waals surface area contributed by atoms with E-state index in [0.29, 0.717) is 22.7 Å². The number of nitrogens with one attached hydrogen (secondary N) is 2. The highest BCUT2D eigenvalue weighted by molar-refractivity contribution is 6.08. The highest BCUT2D eigenvalue weighted by Crippen LogP contribution is 2.25. The van der Waals surface area contributed by atoms with Crippen LogP contribution in [0.25, 0.3) is 11.5 Å². The van der Waals surface area contributed by atoms with Gasteiger partial charge in [0.1, 0.15) is 5.69 Å². The first kappa shape index (κ1) is 13.2. The van der Waals surface area contributed by atoms with Gasteiger partial charge in [0, 0.05) is 11.4 Å². The topological polar surface area (TPSA) is 70.9 Å². The van der Waals surface area contributed by atoms with Gasteiger partial charge in [-0.2, -0.15) is 5.10 Å². The molecule has 3 rings (SSSR count). The Morgan fingerprint density at radius 1 is 1.24 bits per heavy atom. The van der Waals surface area contributed by atoms with Crippen LogP contribution >= 0.6 is 0 Å². The number of nitrogens with zero attached hydrogens (tertiary/aromatic N) is 1. The van der Waals surface area contributed by atoms with Gasteiger partial charge in [0.15, 0.2) is 5.76 Å². The first-order valence-electron chi connectivity index (χ1n) is 6.62. The van der Waals surface area contributed by atoms with Crippen molar-refractivity contribution in [2.75, 3.05) is 5.32 Å². The number of aromatic amines is 1. The third-order valence-electron chi connectivity index (χ3n) is 3.20.